The third-order valence-corrected chi connectivity index (χ3v) is 4.11. The monoisotopic (exact) mass is 319 g/mol. The lowest BCUT2D eigenvalue weighted by Crippen LogP contribution is -2.01. The highest BCUT2D eigenvalue weighted by molar-refractivity contribution is 6.38. The molecule has 0 aliphatic rings. The number of nitrogens with zero attached hydrogens (tertiary/aromatic N) is 1. The van der Waals surface area contributed by atoms with Crippen molar-refractivity contribution in [2.24, 2.45) is 0 Å². The Morgan fingerprint density at radius 3 is 2.67 bits per heavy atom. The number of hydrogen-bond donors (Lipinski definition) is 0. The molecule has 0 saturated carbocycles. The van der Waals surface area contributed by atoms with Gasteiger partial charge in [-0.1, -0.05) is 40.9 Å². The zero-order valence-electron chi connectivity index (χ0n) is 11.9. The number of rotatable bonds is 3. The van der Waals surface area contributed by atoms with Gasteiger partial charge >= 0.3 is 0 Å². The first-order chi connectivity index (χ1) is 10.1. The maximum Gasteiger partial charge on any atom is 0.123 e. The molecule has 108 valence electrons. The molecule has 0 radical (unpaired) electrons. The van der Waals surface area contributed by atoms with Gasteiger partial charge in [0.2, 0.25) is 0 Å². The van der Waals surface area contributed by atoms with Crippen LogP contribution in [0, 0.1) is 6.92 Å². The Kier molecular flexibility index (Phi) is 3.83. The fraction of sp³-hybridized carbons (Fsp3) is 0.176. The lowest BCUT2D eigenvalue weighted by molar-refractivity contribution is 0.408. The predicted molar refractivity (Wildman–Crippen MR) is 88.8 cm³/mol. The summed E-state index contributed by atoms with van der Waals surface area (Å²) in [7, 11) is 1.69. The summed E-state index contributed by atoms with van der Waals surface area (Å²) in [5, 5.41) is 2.32. The maximum absolute atomic E-state index is 6.24. The van der Waals surface area contributed by atoms with E-state index in [1.54, 1.807) is 13.2 Å². The van der Waals surface area contributed by atoms with E-state index in [1.807, 2.05) is 30.5 Å². The van der Waals surface area contributed by atoms with Crippen molar-refractivity contribution in [3.8, 4) is 5.75 Å². The molecule has 4 heteroatoms. The van der Waals surface area contributed by atoms with Crippen molar-refractivity contribution in [3.05, 3.63) is 63.8 Å². The number of ether oxygens (including phenoxy) is 1. The van der Waals surface area contributed by atoms with Gasteiger partial charge in [-0.15, -0.1) is 0 Å². The van der Waals surface area contributed by atoms with Crippen molar-refractivity contribution in [2.45, 2.75) is 13.5 Å². The molecule has 0 saturated heterocycles. The number of halogens is 2. The van der Waals surface area contributed by atoms with Crippen LogP contribution in [0.3, 0.4) is 0 Å². The van der Waals surface area contributed by atoms with E-state index in [2.05, 4.69) is 17.6 Å². The highest BCUT2D eigenvalue weighted by Gasteiger charge is 2.09. The van der Waals surface area contributed by atoms with E-state index in [0.29, 0.717) is 16.6 Å². The van der Waals surface area contributed by atoms with Gasteiger partial charge in [-0.3, -0.25) is 0 Å². The Morgan fingerprint density at radius 2 is 1.90 bits per heavy atom. The molecule has 3 aromatic rings. The Hall–Kier alpha value is -1.64. The van der Waals surface area contributed by atoms with Crippen LogP contribution in [0.5, 0.6) is 5.75 Å². The molecular weight excluding hydrogens is 305 g/mol. The lowest BCUT2D eigenvalue weighted by atomic mass is 10.1. The van der Waals surface area contributed by atoms with Crippen LogP contribution in [-0.4, -0.2) is 11.7 Å². The van der Waals surface area contributed by atoms with Crippen molar-refractivity contribution in [2.75, 3.05) is 7.11 Å². The van der Waals surface area contributed by atoms with Crippen molar-refractivity contribution in [1.29, 1.82) is 0 Å². The Labute approximate surface area is 133 Å². The van der Waals surface area contributed by atoms with Gasteiger partial charge in [0.1, 0.15) is 5.75 Å². The van der Waals surface area contributed by atoms with E-state index in [-0.39, 0.29) is 0 Å². The minimum atomic E-state index is 0.642. The summed E-state index contributed by atoms with van der Waals surface area (Å²) < 4.78 is 7.57. The minimum Gasteiger partial charge on any atom is -0.496 e. The second-order valence-electron chi connectivity index (χ2n) is 5.08. The summed E-state index contributed by atoms with van der Waals surface area (Å²) in [5.41, 5.74) is 3.36. The summed E-state index contributed by atoms with van der Waals surface area (Å²) in [6.45, 7) is 2.79. The van der Waals surface area contributed by atoms with Gasteiger partial charge in [-0.05, 0) is 31.2 Å². The van der Waals surface area contributed by atoms with E-state index >= 15 is 0 Å². The van der Waals surface area contributed by atoms with E-state index in [0.717, 1.165) is 22.2 Å². The maximum atomic E-state index is 6.24. The van der Waals surface area contributed by atoms with Crippen LogP contribution >= 0.6 is 23.2 Å². The second-order valence-corrected chi connectivity index (χ2v) is 5.92. The third-order valence-electron chi connectivity index (χ3n) is 3.58. The van der Waals surface area contributed by atoms with Crippen LogP contribution in [0.15, 0.2) is 42.6 Å². The molecule has 0 amide bonds. The van der Waals surface area contributed by atoms with Gasteiger partial charge < -0.3 is 9.30 Å². The zero-order chi connectivity index (χ0) is 15.0. The second kappa shape index (κ2) is 5.63. The zero-order valence-corrected chi connectivity index (χ0v) is 13.4. The Bertz CT molecular complexity index is 808. The van der Waals surface area contributed by atoms with Crippen molar-refractivity contribution in [1.82, 2.24) is 4.57 Å². The average Bonchev–Trinajstić information content (AvgIpc) is 2.82. The molecule has 2 nitrogen and oxygen atoms in total. The molecule has 0 aliphatic heterocycles. The topological polar surface area (TPSA) is 14.2 Å². The number of benzene rings is 2. The van der Waals surface area contributed by atoms with Crippen LogP contribution in [0.1, 0.15) is 11.1 Å². The fourth-order valence-corrected chi connectivity index (χ4v) is 3.12. The molecular formula is C17H15Cl2NO. The largest absolute Gasteiger partial charge is 0.496 e. The number of aromatic nitrogens is 1. The van der Waals surface area contributed by atoms with Gasteiger partial charge in [0.25, 0.3) is 0 Å². The third kappa shape index (κ3) is 2.74. The lowest BCUT2D eigenvalue weighted by Gasteiger charge is -2.12. The van der Waals surface area contributed by atoms with Crippen molar-refractivity contribution >= 4 is 34.1 Å². The molecule has 0 fully saturated rings. The predicted octanol–water partition coefficient (Wildman–Crippen LogP) is 5.31. The quantitative estimate of drug-likeness (QED) is 0.637. The SMILES string of the molecule is COc1ccc(C)cc1Cn1ccc2c(Cl)cc(Cl)cc21. The van der Waals surface area contributed by atoms with Crippen LogP contribution in [-0.2, 0) is 6.54 Å². The van der Waals surface area contributed by atoms with Gasteiger partial charge in [0, 0.05) is 22.2 Å². The highest BCUT2D eigenvalue weighted by atomic mass is 35.5. The molecule has 0 N–H and O–H groups in total. The number of methoxy groups -OCH3 is 1. The summed E-state index contributed by atoms with van der Waals surface area (Å²) in [6, 6.07) is 11.9. The Morgan fingerprint density at radius 1 is 1.10 bits per heavy atom. The summed E-state index contributed by atoms with van der Waals surface area (Å²) in [6.07, 6.45) is 2.02. The molecule has 0 bridgehead atoms. The van der Waals surface area contributed by atoms with Gasteiger partial charge in [-0.25, -0.2) is 0 Å². The molecule has 0 aliphatic carbocycles. The normalized spacial score (nSPS) is 11.0. The number of aryl methyl sites for hydroxylation is 1. The van der Waals surface area contributed by atoms with E-state index in [1.165, 1.54) is 5.56 Å². The summed E-state index contributed by atoms with van der Waals surface area (Å²) >= 11 is 12.4. The molecule has 0 spiro atoms. The standard InChI is InChI=1S/C17H15Cl2NO/c1-11-3-4-17(21-2)12(7-11)10-20-6-5-14-15(19)8-13(18)9-16(14)20/h3-9H,10H2,1-2H3. The molecule has 0 unspecified atom stereocenters. The number of hydrogen-bond acceptors (Lipinski definition) is 1. The van der Waals surface area contributed by atoms with E-state index in [9.17, 15) is 0 Å². The highest BCUT2D eigenvalue weighted by Crippen LogP contribution is 2.30. The molecule has 3 rings (SSSR count). The fourth-order valence-electron chi connectivity index (χ4n) is 2.57. The van der Waals surface area contributed by atoms with Gasteiger partial charge in [-0.2, -0.15) is 0 Å². The first-order valence-electron chi connectivity index (χ1n) is 6.66. The molecule has 21 heavy (non-hydrogen) atoms. The van der Waals surface area contributed by atoms with Gasteiger partial charge in [0.15, 0.2) is 0 Å². The summed E-state index contributed by atoms with van der Waals surface area (Å²) in [5.74, 6) is 0.885. The molecule has 2 aromatic carbocycles. The van der Waals surface area contributed by atoms with Crippen molar-refractivity contribution in [3.63, 3.8) is 0 Å². The van der Waals surface area contributed by atoms with Crippen LogP contribution in [0.25, 0.3) is 10.9 Å². The molecule has 1 heterocycles. The molecule has 1 aromatic heterocycles. The average molecular weight is 320 g/mol. The van der Waals surface area contributed by atoms with Crippen LogP contribution in [0.4, 0.5) is 0 Å². The van der Waals surface area contributed by atoms with E-state index in [4.69, 9.17) is 27.9 Å². The smallest absolute Gasteiger partial charge is 0.123 e. The number of fused-ring (bicyclic) bond motifs is 1. The van der Waals surface area contributed by atoms with Crippen molar-refractivity contribution < 1.29 is 4.74 Å². The minimum absolute atomic E-state index is 0.642. The molecule has 0 atom stereocenters. The van der Waals surface area contributed by atoms with Crippen LogP contribution in [0.2, 0.25) is 10.0 Å². The Balaban J connectivity index is 2.08. The first kappa shape index (κ1) is 14.3. The van der Waals surface area contributed by atoms with E-state index < -0.39 is 0 Å². The summed E-state index contributed by atoms with van der Waals surface area (Å²) in [4.78, 5) is 0. The van der Waals surface area contributed by atoms with Crippen LogP contribution < -0.4 is 4.74 Å². The van der Waals surface area contributed by atoms with Gasteiger partial charge in [0.05, 0.1) is 24.2 Å². The first-order valence-corrected chi connectivity index (χ1v) is 7.41.